The Hall–Kier alpha value is -3.26. The van der Waals surface area contributed by atoms with Crippen LogP contribution in [0.4, 0.5) is 5.13 Å². The van der Waals surface area contributed by atoms with Gasteiger partial charge in [0.2, 0.25) is 5.91 Å². The van der Waals surface area contributed by atoms with Crippen LogP contribution in [0.5, 0.6) is 23.0 Å². The molecule has 1 N–H and O–H groups in total. The molecular weight excluding hydrogens is 380 g/mol. The van der Waals surface area contributed by atoms with Gasteiger partial charge in [0.15, 0.2) is 16.6 Å². The lowest BCUT2D eigenvalue weighted by atomic mass is 10.2. The number of fused-ring (bicyclic) bond motifs is 1. The number of nitrogens with zero attached hydrogens (tertiary/aromatic N) is 1. The Labute approximate surface area is 166 Å². The molecule has 1 aromatic heterocycles. The van der Waals surface area contributed by atoms with Crippen LogP contribution >= 0.6 is 11.3 Å². The molecule has 3 aromatic rings. The molecule has 0 unspecified atom stereocenters. The van der Waals surface area contributed by atoms with Crippen LogP contribution in [0, 0.1) is 0 Å². The molecule has 8 heteroatoms. The first-order valence-electron chi connectivity index (χ1n) is 8.31. The average Bonchev–Trinajstić information content (AvgIpc) is 3.11. The number of ether oxygens (including phenoxy) is 4. The summed E-state index contributed by atoms with van der Waals surface area (Å²) in [4.78, 5) is 16.7. The highest BCUT2D eigenvalue weighted by Gasteiger charge is 2.11. The number of benzene rings is 2. The largest absolute Gasteiger partial charge is 0.497 e. The standard InChI is InChI=1S/C20H20N2O5S/c1-24-13-7-12(8-14(9-13)25-2)5-6-19(23)22-20-21-15-10-16(26-3)17(27-4)11-18(15)28-20/h5-11H,1-4H3,(H,21,22,23). The van der Waals surface area contributed by atoms with Crippen LogP contribution in [0.2, 0.25) is 0 Å². The van der Waals surface area contributed by atoms with E-state index in [1.807, 2.05) is 18.2 Å². The summed E-state index contributed by atoms with van der Waals surface area (Å²) in [6.45, 7) is 0. The van der Waals surface area contributed by atoms with Gasteiger partial charge in [-0.05, 0) is 23.8 Å². The van der Waals surface area contributed by atoms with Gasteiger partial charge in [-0.3, -0.25) is 10.1 Å². The highest BCUT2D eigenvalue weighted by atomic mass is 32.1. The Morgan fingerprint density at radius 1 is 0.929 bits per heavy atom. The molecule has 0 bridgehead atoms. The minimum Gasteiger partial charge on any atom is -0.497 e. The average molecular weight is 400 g/mol. The van der Waals surface area contributed by atoms with Crippen molar-refractivity contribution in [3.05, 3.63) is 42.0 Å². The van der Waals surface area contributed by atoms with Crippen molar-refractivity contribution < 1.29 is 23.7 Å². The Kier molecular flexibility index (Phi) is 6.00. The van der Waals surface area contributed by atoms with Gasteiger partial charge in [0.1, 0.15) is 11.5 Å². The molecule has 1 heterocycles. The molecule has 0 spiro atoms. The van der Waals surface area contributed by atoms with Crippen molar-refractivity contribution in [2.45, 2.75) is 0 Å². The van der Waals surface area contributed by atoms with Crippen molar-refractivity contribution in [2.24, 2.45) is 0 Å². The molecule has 0 saturated heterocycles. The maximum atomic E-state index is 12.3. The molecule has 0 aliphatic rings. The zero-order valence-electron chi connectivity index (χ0n) is 15.9. The molecule has 0 radical (unpaired) electrons. The van der Waals surface area contributed by atoms with E-state index in [1.54, 1.807) is 46.6 Å². The zero-order valence-corrected chi connectivity index (χ0v) is 16.8. The van der Waals surface area contributed by atoms with Gasteiger partial charge in [0.25, 0.3) is 0 Å². The van der Waals surface area contributed by atoms with Crippen molar-refractivity contribution in [1.29, 1.82) is 0 Å². The first-order valence-corrected chi connectivity index (χ1v) is 9.12. The predicted octanol–water partition coefficient (Wildman–Crippen LogP) is 3.98. The molecule has 146 valence electrons. The summed E-state index contributed by atoms with van der Waals surface area (Å²) < 4.78 is 21.9. The molecular formula is C20H20N2O5S. The maximum Gasteiger partial charge on any atom is 0.250 e. The highest BCUT2D eigenvalue weighted by Crippen LogP contribution is 2.36. The fraction of sp³-hybridized carbons (Fsp3) is 0.200. The molecule has 0 aliphatic carbocycles. The molecule has 2 aromatic carbocycles. The number of anilines is 1. The van der Waals surface area contributed by atoms with E-state index < -0.39 is 0 Å². The van der Waals surface area contributed by atoms with Gasteiger partial charge in [-0.25, -0.2) is 4.98 Å². The molecule has 7 nitrogen and oxygen atoms in total. The van der Waals surface area contributed by atoms with E-state index in [4.69, 9.17) is 18.9 Å². The number of rotatable bonds is 7. The first-order chi connectivity index (χ1) is 13.6. The van der Waals surface area contributed by atoms with Crippen LogP contribution < -0.4 is 24.3 Å². The molecule has 28 heavy (non-hydrogen) atoms. The lowest BCUT2D eigenvalue weighted by molar-refractivity contribution is -0.111. The van der Waals surface area contributed by atoms with Crippen LogP contribution in [0.25, 0.3) is 16.3 Å². The second kappa shape index (κ2) is 8.62. The van der Waals surface area contributed by atoms with Crippen molar-refractivity contribution in [3.8, 4) is 23.0 Å². The predicted molar refractivity (Wildman–Crippen MR) is 110 cm³/mol. The van der Waals surface area contributed by atoms with E-state index in [2.05, 4.69) is 10.3 Å². The lowest BCUT2D eigenvalue weighted by Crippen LogP contribution is -2.07. The summed E-state index contributed by atoms with van der Waals surface area (Å²) in [7, 11) is 6.29. The minimum atomic E-state index is -0.292. The number of carbonyl (C=O) groups is 1. The summed E-state index contributed by atoms with van der Waals surface area (Å²) in [6.07, 6.45) is 3.11. The summed E-state index contributed by atoms with van der Waals surface area (Å²) in [5, 5.41) is 3.26. The third-order valence-corrected chi connectivity index (χ3v) is 4.86. The summed E-state index contributed by atoms with van der Waals surface area (Å²) in [5.74, 6) is 2.20. The smallest absolute Gasteiger partial charge is 0.250 e. The summed E-state index contributed by atoms with van der Waals surface area (Å²) in [5.41, 5.74) is 1.50. The van der Waals surface area contributed by atoms with E-state index in [-0.39, 0.29) is 5.91 Å². The van der Waals surface area contributed by atoms with Crippen molar-refractivity contribution >= 4 is 38.7 Å². The number of amides is 1. The fourth-order valence-corrected chi connectivity index (χ4v) is 3.43. The van der Waals surface area contributed by atoms with Gasteiger partial charge < -0.3 is 18.9 Å². The van der Waals surface area contributed by atoms with E-state index in [9.17, 15) is 4.79 Å². The summed E-state index contributed by atoms with van der Waals surface area (Å²) in [6, 6.07) is 8.99. The highest BCUT2D eigenvalue weighted by molar-refractivity contribution is 7.22. The number of hydrogen-bond acceptors (Lipinski definition) is 7. The Morgan fingerprint density at radius 2 is 1.57 bits per heavy atom. The molecule has 0 saturated carbocycles. The summed E-state index contributed by atoms with van der Waals surface area (Å²) >= 11 is 1.36. The van der Waals surface area contributed by atoms with Crippen LogP contribution in [-0.2, 0) is 4.79 Å². The molecule has 1 amide bonds. The molecule has 0 aliphatic heterocycles. The second-order valence-electron chi connectivity index (χ2n) is 5.66. The zero-order chi connectivity index (χ0) is 20.1. The number of thiazole rings is 1. The van der Waals surface area contributed by atoms with Gasteiger partial charge in [0, 0.05) is 24.3 Å². The number of carbonyl (C=O) groups excluding carboxylic acids is 1. The van der Waals surface area contributed by atoms with Crippen molar-refractivity contribution in [1.82, 2.24) is 4.98 Å². The van der Waals surface area contributed by atoms with E-state index in [0.29, 0.717) is 28.1 Å². The number of nitrogens with one attached hydrogen (secondary N) is 1. The normalized spacial score (nSPS) is 10.9. The minimum absolute atomic E-state index is 0.292. The molecule has 3 rings (SSSR count). The third-order valence-electron chi connectivity index (χ3n) is 3.92. The number of hydrogen-bond donors (Lipinski definition) is 1. The monoisotopic (exact) mass is 400 g/mol. The van der Waals surface area contributed by atoms with Crippen LogP contribution in [0.1, 0.15) is 5.56 Å². The van der Waals surface area contributed by atoms with Crippen LogP contribution in [-0.4, -0.2) is 39.3 Å². The van der Waals surface area contributed by atoms with Gasteiger partial charge in [-0.1, -0.05) is 11.3 Å². The number of aromatic nitrogens is 1. The maximum absolute atomic E-state index is 12.3. The fourth-order valence-electron chi connectivity index (χ4n) is 2.55. The number of methoxy groups -OCH3 is 4. The van der Waals surface area contributed by atoms with Gasteiger partial charge >= 0.3 is 0 Å². The van der Waals surface area contributed by atoms with Gasteiger partial charge in [-0.15, -0.1) is 0 Å². The van der Waals surface area contributed by atoms with E-state index in [0.717, 1.165) is 15.8 Å². The van der Waals surface area contributed by atoms with Crippen molar-refractivity contribution in [3.63, 3.8) is 0 Å². The Morgan fingerprint density at radius 3 is 2.18 bits per heavy atom. The van der Waals surface area contributed by atoms with Crippen LogP contribution in [0.15, 0.2) is 36.4 Å². The topological polar surface area (TPSA) is 78.9 Å². The van der Waals surface area contributed by atoms with Gasteiger partial charge in [0.05, 0.1) is 38.7 Å². The quantitative estimate of drug-likeness (QED) is 0.605. The lowest BCUT2D eigenvalue weighted by Gasteiger charge is -2.05. The van der Waals surface area contributed by atoms with E-state index in [1.165, 1.54) is 17.4 Å². The third kappa shape index (κ3) is 4.34. The van der Waals surface area contributed by atoms with Crippen molar-refractivity contribution in [2.75, 3.05) is 33.8 Å². The Balaban J connectivity index is 1.77. The Bertz CT molecular complexity index is 966. The first kappa shape index (κ1) is 19.5. The molecule has 0 fully saturated rings. The molecule has 0 atom stereocenters. The van der Waals surface area contributed by atoms with Gasteiger partial charge in [-0.2, -0.15) is 0 Å². The SMILES string of the molecule is COc1cc(C=CC(=O)Nc2nc3cc(OC)c(OC)cc3s2)cc(OC)c1. The van der Waals surface area contributed by atoms with E-state index >= 15 is 0 Å². The second-order valence-corrected chi connectivity index (χ2v) is 6.69. The van der Waals surface area contributed by atoms with Crippen LogP contribution in [0.3, 0.4) is 0 Å².